The van der Waals surface area contributed by atoms with Gasteiger partial charge in [0.05, 0.1) is 16.1 Å². The van der Waals surface area contributed by atoms with Gasteiger partial charge in [-0.25, -0.2) is 17.6 Å². The first kappa shape index (κ1) is 14.9. The van der Waals surface area contributed by atoms with Crippen LogP contribution in [0.1, 0.15) is 23.7 Å². The molecule has 20 heavy (non-hydrogen) atoms. The standard InChI is InChI=1S/C12H14FNO5S/c1-2-12(17)6-14(7-12)20(18,19)10-5-8(13)3-4-9(10)11(15)16/h3-5,17H,2,6-7H2,1H3,(H,15,16). The zero-order valence-corrected chi connectivity index (χ0v) is 11.5. The molecule has 0 bridgehead atoms. The van der Waals surface area contributed by atoms with Gasteiger partial charge >= 0.3 is 5.97 Å². The maximum atomic E-state index is 13.2. The molecule has 1 saturated heterocycles. The number of rotatable bonds is 4. The lowest BCUT2D eigenvalue weighted by molar-refractivity contribution is -0.0613. The number of sulfonamides is 1. The number of aliphatic hydroxyl groups is 1. The molecule has 2 rings (SSSR count). The highest BCUT2D eigenvalue weighted by atomic mass is 32.2. The van der Waals surface area contributed by atoms with Gasteiger partial charge in [0.15, 0.2) is 0 Å². The fourth-order valence-electron chi connectivity index (χ4n) is 2.03. The first-order chi connectivity index (χ1) is 9.19. The fourth-order valence-corrected chi connectivity index (χ4v) is 3.82. The number of benzene rings is 1. The second kappa shape index (κ2) is 4.80. The molecule has 0 unspecified atom stereocenters. The minimum atomic E-state index is -4.13. The van der Waals surface area contributed by atoms with E-state index in [2.05, 4.69) is 0 Å². The van der Waals surface area contributed by atoms with Crippen LogP contribution < -0.4 is 0 Å². The van der Waals surface area contributed by atoms with Gasteiger partial charge in [0.25, 0.3) is 0 Å². The number of hydrogen-bond donors (Lipinski definition) is 2. The Morgan fingerprint density at radius 2 is 2.05 bits per heavy atom. The summed E-state index contributed by atoms with van der Waals surface area (Å²) >= 11 is 0. The molecule has 0 amide bonds. The Morgan fingerprint density at radius 3 is 2.55 bits per heavy atom. The number of β-amino-alcohol motifs (C(OH)–C–C–N with tert-alkyl or cyclic N) is 1. The molecule has 1 aliphatic rings. The molecule has 1 fully saturated rings. The smallest absolute Gasteiger partial charge is 0.337 e. The molecule has 2 N–H and O–H groups in total. The molecule has 0 saturated carbocycles. The van der Waals surface area contributed by atoms with Crippen LogP contribution >= 0.6 is 0 Å². The maximum Gasteiger partial charge on any atom is 0.337 e. The third kappa shape index (κ3) is 2.41. The van der Waals surface area contributed by atoms with Crippen LogP contribution in [0.2, 0.25) is 0 Å². The lowest BCUT2D eigenvalue weighted by Gasteiger charge is -2.44. The van der Waals surface area contributed by atoms with Crippen LogP contribution in [0.5, 0.6) is 0 Å². The molecule has 0 atom stereocenters. The SMILES string of the molecule is CCC1(O)CN(S(=O)(=O)c2cc(F)ccc2C(=O)O)C1. The highest BCUT2D eigenvalue weighted by Gasteiger charge is 2.46. The van der Waals surface area contributed by atoms with E-state index in [4.69, 9.17) is 5.11 Å². The number of carbonyl (C=O) groups is 1. The van der Waals surface area contributed by atoms with Gasteiger partial charge in [0.2, 0.25) is 10.0 Å². The number of aromatic carboxylic acids is 1. The van der Waals surface area contributed by atoms with E-state index in [9.17, 15) is 22.7 Å². The molecule has 1 aromatic rings. The molecule has 8 heteroatoms. The summed E-state index contributed by atoms with van der Waals surface area (Å²) in [4.78, 5) is 10.4. The molecule has 0 aliphatic carbocycles. The van der Waals surface area contributed by atoms with Crippen molar-refractivity contribution >= 4 is 16.0 Å². The Morgan fingerprint density at radius 1 is 1.45 bits per heavy atom. The second-order valence-electron chi connectivity index (χ2n) is 4.80. The van der Waals surface area contributed by atoms with Crippen LogP contribution in [0, 0.1) is 5.82 Å². The Labute approximate surface area is 115 Å². The molecule has 0 radical (unpaired) electrons. The van der Waals surface area contributed by atoms with E-state index in [-0.39, 0.29) is 13.1 Å². The van der Waals surface area contributed by atoms with E-state index in [0.29, 0.717) is 12.5 Å². The minimum absolute atomic E-state index is 0.124. The number of nitrogens with zero attached hydrogens (tertiary/aromatic N) is 1. The number of carboxylic acid groups (broad SMARTS) is 1. The van der Waals surface area contributed by atoms with E-state index in [0.717, 1.165) is 16.4 Å². The van der Waals surface area contributed by atoms with Crippen molar-refractivity contribution in [3.63, 3.8) is 0 Å². The van der Waals surface area contributed by atoms with Crippen molar-refractivity contribution in [2.24, 2.45) is 0 Å². The van der Waals surface area contributed by atoms with E-state index in [1.54, 1.807) is 6.92 Å². The lowest BCUT2D eigenvalue weighted by atomic mass is 9.94. The van der Waals surface area contributed by atoms with E-state index in [1.165, 1.54) is 0 Å². The molecule has 0 aromatic heterocycles. The van der Waals surface area contributed by atoms with E-state index < -0.39 is 37.9 Å². The third-order valence-electron chi connectivity index (χ3n) is 3.39. The Kier molecular flexibility index (Phi) is 3.57. The lowest BCUT2D eigenvalue weighted by Crippen LogP contribution is -2.62. The van der Waals surface area contributed by atoms with Crippen molar-refractivity contribution in [2.75, 3.05) is 13.1 Å². The zero-order valence-electron chi connectivity index (χ0n) is 10.7. The topological polar surface area (TPSA) is 94.9 Å². The first-order valence-electron chi connectivity index (χ1n) is 5.95. The largest absolute Gasteiger partial charge is 0.478 e. The predicted molar refractivity (Wildman–Crippen MR) is 67.4 cm³/mol. The van der Waals surface area contributed by atoms with E-state index in [1.807, 2.05) is 0 Å². The van der Waals surface area contributed by atoms with Crippen molar-refractivity contribution < 1.29 is 27.8 Å². The molecule has 0 spiro atoms. The Hall–Kier alpha value is -1.51. The monoisotopic (exact) mass is 303 g/mol. The Balaban J connectivity index is 2.41. The molecule has 1 aliphatic heterocycles. The van der Waals surface area contributed by atoms with Crippen molar-refractivity contribution in [3.8, 4) is 0 Å². The van der Waals surface area contributed by atoms with Gasteiger partial charge in [-0.1, -0.05) is 6.92 Å². The maximum absolute atomic E-state index is 13.2. The molecular formula is C12H14FNO5S. The quantitative estimate of drug-likeness (QED) is 0.852. The van der Waals surface area contributed by atoms with Crippen molar-refractivity contribution in [1.82, 2.24) is 4.31 Å². The zero-order chi connectivity index (χ0) is 15.1. The van der Waals surface area contributed by atoms with Crippen LogP contribution in [0.25, 0.3) is 0 Å². The highest BCUT2D eigenvalue weighted by Crippen LogP contribution is 2.31. The normalized spacial score (nSPS) is 18.6. The fraction of sp³-hybridized carbons (Fsp3) is 0.417. The van der Waals surface area contributed by atoms with Crippen LogP contribution in [-0.4, -0.2) is 47.6 Å². The Bertz CT molecular complexity index is 652. The summed E-state index contributed by atoms with van der Waals surface area (Å²) in [6.45, 7) is 1.47. The van der Waals surface area contributed by atoms with Crippen molar-refractivity contribution in [1.29, 1.82) is 0 Å². The summed E-state index contributed by atoms with van der Waals surface area (Å²) < 4.78 is 38.7. The molecule has 1 heterocycles. The van der Waals surface area contributed by atoms with Gasteiger partial charge in [0.1, 0.15) is 5.82 Å². The summed E-state index contributed by atoms with van der Waals surface area (Å²) in [7, 11) is -4.13. The minimum Gasteiger partial charge on any atom is -0.478 e. The summed E-state index contributed by atoms with van der Waals surface area (Å²) in [5.41, 5.74) is -1.58. The summed E-state index contributed by atoms with van der Waals surface area (Å²) in [6.07, 6.45) is 0.383. The van der Waals surface area contributed by atoms with Gasteiger partial charge in [-0.2, -0.15) is 4.31 Å². The van der Waals surface area contributed by atoms with Gasteiger partial charge in [-0.15, -0.1) is 0 Å². The summed E-state index contributed by atoms with van der Waals surface area (Å²) in [6, 6.07) is 2.49. The molecule has 6 nitrogen and oxygen atoms in total. The molecular weight excluding hydrogens is 289 g/mol. The van der Waals surface area contributed by atoms with Gasteiger partial charge in [-0.3, -0.25) is 0 Å². The summed E-state index contributed by atoms with van der Waals surface area (Å²) in [5.74, 6) is -2.28. The molecule has 1 aromatic carbocycles. The highest BCUT2D eigenvalue weighted by molar-refractivity contribution is 7.89. The average Bonchev–Trinajstić information content (AvgIpc) is 2.34. The van der Waals surface area contributed by atoms with Crippen LogP contribution in [0.4, 0.5) is 4.39 Å². The van der Waals surface area contributed by atoms with Crippen molar-refractivity contribution in [3.05, 3.63) is 29.6 Å². The number of hydrogen-bond acceptors (Lipinski definition) is 4. The average molecular weight is 303 g/mol. The van der Waals surface area contributed by atoms with Crippen LogP contribution in [-0.2, 0) is 10.0 Å². The first-order valence-corrected chi connectivity index (χ1v) is 7.39. The molecule has 110 valence electrons. The second-order valence-corrected chi connectivity index (χ2v) is 6.70. The predicted octanol–water partition coefficient (Wildman–Crippen LogP) is 0.669. The van der Waals surface area contributed by atoms with E-state index >= 15 is 0 Å². The van der Waals surface area contributed by atoms with Gasteiger partial charge in [0, 0.05) is 13.1 Å². The summed E-state index contributed by atoms with van der Waals surface area (Å²) in [5, 5.41) is 18.8. The number of carboxylic acids is 1. The van der Waals surface area contributed by atoms with Crippen LogP contribution in [0.3, 0.4) is 0 Å². The van der Waals surface area contributed by atoms with Gasteiger partial charge in [-0.05, 0) is 24.6 Å². The van der Waals surface area contributed by atoms with Crippen LogP contribution in [0.15, 0.2) is 23.1 Å². The van der Waals surface area contributed by atoms with Gasteiger partial charge < -0.3 is 10.2 Å². The third-order valence-corrected chi connectivity index (χ3v) is 5.22. The van der Waals surface area contributed by atoms with Crippen molar-refractivity contribution in [2.45, 2.75) is 23.8 Å². The number of halogens is 1.